The molecule has 3 heterocycles. The molecule has 28 heavy (non-hydrogen) atoms. The van der Waals surface area contributed by atoms with Crippen LogP contribution in [0.3, 0.4) is 0 Å². The number of hydrogen-bond acceptors (Lipinski definition) is 7. The topological polar surface area (TPSA) is 93.7 Å². The molecule has 2 saturated heterocycles. The number of rotatable bonds is 3. The highest BCUT2D eigenvalue weighted by Gasteiger charge is 2.49. The van der Waals surface area contributed by atoms with Crippen LogP contribution in [0.1, 0.15) is 28.2 Å². The van der Waals surface area contributed by atoms with Crippen LogP contribution in [0.25, 0.3) is 0 Å². The number of ether oxygens (including phenoxy) is 2. The van der Waals surface area contributed by atoms with Crippen molar-refractivity contribution in [2.75, 3.05) is 31.7 Å². The number of piperidine rings is 1. The normalized spacial score (nSPS) is 24.3. The first-order valence-corrected chi connectivity index (χ1v) is 9.19. The summed E-state index contributed by atoms with van der Waals surface area (Å²) in [5, 5.41) is 3.16. The Hall–Kier alpha value is -3.00. The Kier molecular flexibility index (Phi) is 4.72. The summed E-state index contributed by atoms with van der Waals surface area (Å²) in [5.41, 5.74) is 1.35. The number of fused-ring (bicyclic) bond motifs is 1. The fourth-order valence-corrected chi connectivity index (χ4v) is 3.94. The van der Waals surface area contributed by atoms with E-state index in [1.54, 1.807) is 6.07 Å². The molecular weight excluding hydrogens is 360 g/mol. The van der Waals surface area contributed by atoms with Crippen molar-refractivity contribution in [3.8, 4) is 0 Å². The van der Waals surface area contributed by atoms with Gasteiger partial charge in [0.05, 0.1) is 12.6 Å². The zero-order chi connectivity index (χ0) is 19.7. The van der Waals surface area contributed by atoms with Gasteiger partial charge in [-0.25, -0.2) is 14.8 Å². The second-order valence-corrected chi connectivity index (χ2v) is 7.07. The lowest BCUT2D eigenvalue weighted by Gasteiger charge is -2.50. The molecule has 2 aliphatic rings. The number of amides is 1. The summed E-state index contributed by atoms with van der Waals surface area (Å²) in [6.45, 7) is 2.95. The molecule has 8 nitrogen and oxygen atoms in total. The van der Waals surface area contributed by atoms with Gasteiger partial charge in [-0.2, -0.15) is 0 Å². The molecule has 1 aromatic carbocycles. The van der Waals surface area contributed by atoms with Gasteiger partial charge in [-0.3, -0.25) is 4.79 Å². The highest BCUT2D eigenvalue weighted by atomic mass is 16.5. The smallest absolute Gasteiger partial charge is 0.356 e. The summed E-state index contributed by atoms with van der Waals surface area (Å²) >= 11 is 0. The number of carbonyl (C=O) groups excluding carboxylic acids is 2. The summed E-state index contributed by atoms with van der Waals surface area (Å²) in [7, 11) is 1.33. The van der Waals surface area contributed by atoms with Crippen molar-refractivity contribution in [2.45, 2.75) is 25.0 Å². The molecule has 1 amide bonds. The van der Waals surface area contributed by atoms with E-state index in [2.05, 4.69) is 15.3 Å². The van der Waals surface area contributed by atoms with Gasteiger partial charge in [-0.1, -0.05) is 30.3 Å². The summed E-state index contributed by atoms with van der Waals surface area (Å²) in [6, 6.07) is 11.5. The van der Waals surface area contributed by atoms with Crippen molar-refractivity contribution < 1.29 is 19.1 Å². The third-order valence-electron chi connectivity index (χ3n) is 5.30. The van der Waals surface area contributed by atoms with Crippen LogP contribution in [0.15, 0.2) is 36.4 Å². The monoisotopic (exact) mass is 382 g/mol. The van der Waals surface area contributed by atoms with Crippen molar-refractivity contribution in [2.24, 2.45) is 0 Å². The maximum absolute atomic E-state index is 12.1. The highest BCUT2D eigenvalue weighted by molar-refractivity contribution is 5.87. The molecule has 0 radical (unpaired) electrons. The lowest BCUT2D eigenvalue weighted by atomic mass is 9.77. The second-order valence-electron chi connectivity index (χ2n) is 7.07. The van der Waals surface area contributed by atoms with Crippen molar-refractivity contribution in [1.29, 1.82) is 0 Å². The van der Waals surface area contributed by atoms with E-state index in [0.29, 0.717) is 31.2 Å². The van der Waals surface area contributed by atoms with Crippen LogP contribution >= 0.6 is 0 Å². The molecule has 0 bridgehead atoms. The molecule has 4 rings (SSSR count). The Morgan fingerprint density at radius 1 is 1.32 bits per heavy atom. The summed E-state index contributed by atoms with van der Waals surface area (Å²) < 4.78 is 10.7. The number of aryl methyl sites for hydroxylation is 1. The molecular formula is C20H22N4O4. The number of nitrogens with one attached hydrogen (secondary N) is 1. The average Bonchev–Trinajstić information content (AvgIpc) is 2.72. The van der Waals surface area contributed by atoms with E-state index in [9.17, 15) is 9.59 Å². The third-order valence-corrected chi connectivity index (χ3v) is 5.30. The first-order valence-electron chi connectivity index (χ1n) is 9.19. The molecule has 0 spiro atoms. The zero-order valence-corrected chi connectivity index (χ0v) is 15.8. The lowest BCUT2D eigenvalue weighted by molar-refractivity contribution is -0.146. The molecule has 8 heteroatoms. The van der Waals surface area contributed by atoms with Crippen molar-refractivity contribution in [3.63, 3.8) is 0 Å². The predicted molar refractivity (Wildman–Crippen MR) is 101 cm³/mol. The molecule has 146 valence electrons. The van der Waals surface area contributed by atoms with Gasteiger partial charge in [0, 0.05) is 18.8 Å². The number of methoxy groups -OCH3 is 1. The number of aromatic nitrogens is 2. The molecule has 2 fully saturated rings. The minimum Gasteiger partial charge on any atom is -0.464 e. The predicted octanol–water partition coefficient (Wildman–Crippen LogP) is 1.19. The largest absolute Gasteiger partial charge is 0.464 e. The summed E-state index contributed by atoms with van der Waals surface area (Å²) in [5.74, 6) is -0.153. The van der Waals surface area contributed by atoms with Gasteiger partial charge in [0.1, 0.15) is 12.7 Å². The number of hydrogen-bond donors (Lipinski definition) is 1. The van der Waals surface area contributed by atoms with Crippen molar-refractivity contribution in [1.82, 2.24) is 15.3 Å². The van der Waals surface area contributed by atoms with Gasteiger partial charge in [-0.05, 0) is 25.0 Å². The Morgan fingerprint density at radius 2 is 2.11 bits per heavy atom. The maximum Gasteiger partial charge on any atom is 0.356 e. The van der Waals surface area contributed by atoms with Crippen LogP contribution in [-0.2, 0) is 19.8 Å². The Labute approximate surface area is 162 Å². The van der Waals surface area contributed by atoms with Crippen LogP contribution in [0, 0.1) is 6.92 Å². The average molecular weight is 382 g/mol. The van der Waals surface area contributed by atoms with Crippen LogP contribution in [0.5, 0.6) is 0 Å². The minimum atomic E-state index is -0.581. The van der Waals surface area contributed by atoms with E-state index in [-0.39, 0.29) is 24.3 Å². The fourth-order valence-electron chi connectivity index (χ4n) is 3.94. The summed E-state index contributed by atoms with van der Waals surface area (Å²) in [6.07, 6.45) is 0.380. The molecule has 2 aliphatic heterocycles. The lowest BCUT2D eigenvalue weighted by Crippen LogP contribution is -2.66. The number of nitrogens with zero attached hydrogens (tertiary/aromatic N) is 3. The second kappa shape index (κ2) is 7.20. The minimum absolute atomic E-state index is 0.0230. The first-order chi connectivity index (χ1) is 13.5. The first kappa shape index (κ1) is 18.4. The van der Waals surface area contributed by atoms with E-state index in [4.69, 9.17) is 9.47 Å². The van der Waals surface area contributed by atoms with Gasteiger partial charge < -0.3 is 19.7 Å². The number of anilines is 1. The summed E-state index contributed by atoms with van der Waals surface area (Å²) in [4.78, 5) is 34.9. The van der Waals surface area contributed by atoms with Gasteiger partial charge in [0.2, 0.25) is 11.9 Å². The highest BCUT2D eigenvalue weighted by Crippen LogP contribution is 2.37. The van der Waals surface area contributed by atoms with E-state index < -0.39 is 11.5 Å². The van der Waals surface area contributed by atoms with Crippen molar-refractivity contribution in [3.05, 3.63) is 53.3 Å². The van der Waals surface area contributed by atoms with E-state index in [0.717, 1.165) is 5.56 Å². The maximum atomic E-state index is 12.1. The van der Waals surface area contributed by atoms with Gasteiger partial charge in [0.25, 0.3) is 0 Å². The number of esters is 1. The van der Waals surface area contributed by atoms with Crippen LogP contribution in [-0.4, -0.2) is 54.8 Å². The van der Waals surface area contributed by atoms with E-state index >= 15 is 0 Å². The quantitative estimate of drug-likeness (QED) is 0.797. The van der Waals surface area contributed by atoms with Crippen LogP contribution in [0.2, 0.25) is 0 Å². The number of morpholine rings is 1. The SMILES string of the molecule is COC(=O)c1cc(C)nc(N2CC[C@@]3(c4ccccc4)NC(=O)CO[C@@H]3C2)n1. The van der Waals surface area contributed by atoms with Gasteiger partial charge in [0.15, 0.2) is 5.69 Å². The van der Waals surface area contributed by atoms with E-state index in [1.165, 1.54) is 7.11 Å². The molecule has 2 aromatic rings. The van der Waals surface area contributed by atoms with Crippen molar-refractivity contribution >= 4 is 17.8 Å². The van der Waals surface area contributed by atoms with Gasteiger partial charge in [-0.15, -0.1) is 0 Å². The molecule has 0 unspecified atom stereocenters. The van der Waals surface area contributed by atoms with Crippen LogP contribution < -0.4 is 10.2 Å². The molecule has 1 aromatic heterocycles. The molecule has 0 saturated carbocycles. The zero-order valence-electron chi connectivity index (χ0n) is 15.8. The molecule has 2 atom stereocenters. The van der Waals surface area contributed by atoms with Crippen LogP contribution in [0.4, 0.5) is 5.95 Å². The van der Waals surface area contributed by atoms with Gasteiger partial charge >= 0.3 is 5.97 Å². The standard InChI is InChI=1S/C20H22N4O4/c1-13-10-15(18(26)27-2)22-19(21-13)24-9-8-20(14-6-4-3-5-7-14)16(11-24)28-12-17(25)23-20/h3-7,10,16H,8-9,11-12H2,1-2H3,(H,23,25)/t16-,20+/m1/s1. The number of carbonyl (C=O) groups is 2. The Balaban J connectivity index is 1.65. The Bertz CT molecular complexity index is 904. The fraction of sp³-hybridized carbons (Fsp3) is 0.400. The third kappa shape index (κ3) is 3.20. The molecule has 0 aliphatic carbocycles. The number of benzene rings is 1. The molecule has 1 N–H and O–H groups in total. The Morgan fingerprint density at radius 3 is 2.86 bits per heavy atom. The van der Waals surface area contributed by atoms with E-state index in [1.807, 2.05) is 42.2 Å².